The molecule has 3 aromatic rings. The van der Waals surface area contributed by atoms with E-state index in [-0.39, 0.29) is 6.04 Å². The highest BCUT2D eigenvalue weighted by atomic mass is 16.5. The molecule has 172 valence electrons. The molecule has 3 rings (SSSR count). The Morgan fingerprint density at radius 3 is 2.66 bits per heavy atom. The van der Waals surface area contributed by atoms with E-state index in [1.807, 2.05) is 42.5 Å². The summed E-state index contributed by atoms with van der Waals surface area (Å²) in [6, 6.07) is 15.4. The van der Waals surface area contributed by atoms with Crippen LogP contribution in [0.2, 0.25) is 0 Å². The van der Waals surface area contributed by atoms with Gasteiger partial charge >= 0.3 is 5.97 Å². The number of hydrogen-bond acceptors (Lipinski definition) is 5. The molecule has 0 saturated heterocycles. The van der Waals surface area contributed by atoms with E-state index in [0.29, 0.717) is 18.2 Å². The van der Waals surface area contributed by atoms with E-state index in [2.05, 4.69) is 12.2 Å². The van der Waals surface area contributed by atoms with Crippen LogP contribution in [0.25, 0.3) is 11.1 Å². The van der Waals surface area contributed by atoms with Gasteiger partial charge in [-0.3, -0.25) is 0 Å². The van der Waals surface area contributed by atoms with Gasteiger partial charge in [-0.15, -0.1) is 0 Å². The van der Waals surface area contributed by atoms with Gasteiger partial charge in [0.15, 0.2) is 11.2 Å². The summed E-state index contributed by atoms with van der Waals surface area (Å²) in [4.78, 5) is 16.1. The Labute approximate surface area is 190 Å². The van der Waals surface area contributed by atoms with Crippen molar-refractivity contribution in [2.24, 2.45) is 0 Å². The summed E-state index contributed by atoms with van der Waals surface area (Å²) in [6.07, 6.45) is 6.98. The minimum atomic E-state index is -1.29. The van der Waals surface area contributed by atoms with E-state index in [9.17, 15) is 9.90 Å². The van der Waals surface area contributed by atoms with Crippen molar-refractivity contribution in [1.29, 1.82) is 0 Å². The van der Waals surface area contributed by atoms with E-state index in [1.54, 1.807) is 19.9 Å². The lowest BCUT2D eigenvalue weighted by Gasteiger charge is -2.22. The third kappa shape index (κ3) is 6.57. The molecule has 0 bridgehead atoms. The van der Waals surface area contributed by atoms with Gasteiger partial charge in [0.25, 0.3) is 0 Å². The summed E-state index contributed by atoms with van der Waals surface area (Å²) in [6.45, 7) is 5.91. The second-order valence-corrected chi connectivity index (χ2v) is 8.72. The quantitative estimate of drug-likeness (QED) is 0.306. The first kappa shape index (κ1) is 23.8. The monoisotopic (exact) mass is 438 g/mol. The number of unbranched alkanes of at least 4 members (excludes halogenated alkanes) is 4. The fraction of sp³-hybridized carbons (Fsp3) is 0.462. The number of nitrogens with one attached hydrogen (secondary N) is 1. The van der Waals surface area contributed by atoms with Crippen LogP contribution in [-0.2, 0) is 11.3 Å². The van der Waals surface area contributed by atoms with Crippen molar-refractivity contribution in [3.05, 3.63) is 60.0 Å². The predicted octanol–water partition coefficient (Wildman–Crippen LogP) is 6.26. The molecule has 6 nitrogen and oxygen atoms in total. The Morgan fingerprint density at radius 1 is 1.12 bits per heavy atom. The molecule has 0 radical (unpaired) electrons. The molecule has 0 aliphatic heterocycles. The van der Waals surface area contributed by atoms with Gasteiger partial charge in [0.2, 0.25) is 5.89 Å². The number of carbonyl (C=O) groups is 1. The van der Waals surface area contributed by atoms with Crippen LogP contribution < -0.4 is 10.1 Å². The number of hydrogen-bond donors (Lipinski definition) is 2. The van der Waals surface area contributed by atoms with Gasteiger partial charge in [-0.1, -0.05) is 63.3 Å². The maximum absolute atomic E-state index is 11.4. The average Bonchev–Trinajstić information content (AvgIpc) is 3.19. The van der Waals surface area contributed by atoms with Crippen molar-refractivity contribution in [2.75, 3.05) is 0 Å². The molecule has 0 aliphatic carbocycles. The molecular weight excluding hydrogens is 404 g/mol. The first-order valence-corrected chi connectivity index (χ1v) is 11.5. The van der Waals surface area contributed by atoms with E-state index in [1.165, 1.54) is 25.7 Å². The number of aliphatic carboxylic acids is 1. The molecule has 1 aromatic heterocycles. The van der Waals surface area contributed by atoms with Crippen molar-refractivity contribution < 1.29 is 19.1 Å². The molecule has 1 atom stereocenters. The third-order valence-corrected chi connectivity index (χ3v) is 5.54. The van der Waals surface area contributed by atoms with Crippen LogP contribution >= 0.6 is 0 Å². The fourth-order valence-corrected chi connectivity index (χ4v) is 3.60. The number of benzene rings is 2. The van der Waals surface area contributed by atoms with E-state index in [0.717, 1.165) is 29.5 Å². The van der Waals surface area contributed by atoms with Crippen molar-refractivity contribution in [1.82, 2.24) is 10.3 Å². The first-order chi connectivity index (χ1) is 15.4. The van der Waals surface area contributed by atoms with Gasteiger partial charge in [0.05, 0.1) is 6.04 Å². The number of aromatic nitrogens is 1. The minimum Gasteiger partial charge on any atom is -0.478 e. The lowest BCUT2D eigenvalue weighted by Crippen LogP contribution is -2.37. The van der Waals surface area contributed by atoms with Gasteiger partial charge in [-0.2, -0.15) is 0 Å². The number of carboxylic acids is 1. The fourth-order valence-electron chi connectivity index (χ4n) is 3.60. The second kappa shape index (κ2) is 11.1. The number of fused-ring (bicyclic) bond motifs is 1. The maximum Gasteiger partial charge on any atom is 0.347 e. The summed E-state index contributed by atoms with van der Waals surface area (Å²) in [5, 5.41) is 12.9. The smallest absolute Gasteiger partial charge is 0.347 e. The first-order valence-electron chi connectivity index (χ1n) is 11.5. The van der Waals surface area contributed by atoms with E-state index in [4.69, 9.17) is 14.1 Å². The van der Waals surface area contributed by atoms with Crippen molar-refractivity contribution >= 4 is 17.1 Å². The Kier molecular flexibility index (Phi) is 8.28. The van der Waals surface area contributed by atoms with Crippen LogP contribution in [0.4, 0.5) is 0 Å². The Hall–Kier alpha value is -2.86. The molecule has 32 heavy (non-hydrogen) atoms. The van der Waals surface area contributed by atoms with Crippen LogP contribution in [0.1, 0.15) is 76.8 Å². The molecule has 2 aromatic carbocycles. The minimum absolute atomic E-state index is 0.00376. The summed E-state index contributed by atoms with van der Waals surface area (Å²) < 4.78 is 11.7. The number of oxazole rings is 1. The zero-order valence-electron chi connectivity index (χ0n) is 19.3. The number of nitrogens with zero attached hydrogens (tertiary/aromatic N) is 1. The molecule has 0 saturated carbocycles. The zero-order chi connectivity index (χ0) is 23.0. The Balaban J connectivity index is 1.69. The van der Waals surface area contributed by atoms with E-state index < -0.39 is 11.6 Å². The predicted molar refractivity (Wildman–Crippen MR) is 126 cm³/mol. The molecule has 0 amide bonds. The number of carboxylic acid groups (broad SMARTS) is 1. The van der Waals surface area contributed by atoms with Crippen LogP contribution in [0.3, 0.4) is 0 Å². The van der Waals surface area contributed by atoms with Crippen molar-refractivity contribution in [2.45, 2.75) is 77.5 Å². The van der Waals surface area contributed by atoms with Crippen LogP contribution in [0.15, 0.2) is 52.9 Å². The molecule has 1 unspecified atom stereocenters. The SMILES string of the molecule is CCCCCCCC(NCc1cccc(OC(C)(C)C(=O)O)c1)c1nc2ccccc2o1. The lowest BCUT2D eigenvalue weighted by molar-refractivity contribution is -0.152. The third-order valence-electron chi connectivity index (χ3n) is 5.54. The number of rotatable bonds is 13. The molecule has 6 heteroatoms. The summed E-state index contributed by atoms with van der Waals surface area (Å²) in [5.74, 6) is 0.246. The summed E-state index contributed by atoms with van der Waals surface area (Å²) >= 11 is 0. The number of ether oxygens (including phenoxy) is 1. The highest BCUT2D eigenvalue weighted by Crippen LogP contribution is 2.26. The van der Waals surface area contributed by atoms with Gasteiger partial charge < -0.3 is 19.6 Å². The van der Waals surface area contributed by atoms with Gasteiger partial charge in [0, 0.05) is 6.54 Å². The summed E-state index contributed by atoms with van der Waals surface area (Å²) in [5.41, 5.74) is 1.39. The summed E-state index contributed by atoms with van der Waals surface area (Å²) in [7, 11) is 0. The van der Waals surface area contributed by atoms with Crippen molar-refractivity contribution in [3.63, 3.8) is 0 Å². The zero-order valence-corrected chi connectivity index (χ0v) is 19.3. The van der Waals surface area contributed by atoms with Gasteiger partial charge in [-0.05, 0) is 50.1 Å². The van der Waals surface area contributed by atoms with Crippen LogP contribution in [0.5, 0.6) is 5.75 Å². The van der Waals surface area contributed by atoms with Crippen molar-refractivity contribution in [3.8, 4) is 5.75 Å². The molecule has 2 N–H and O–H groups in total. The molecule has 0 fully saturated rings. The number of para-hydroxylation sites is 2. The lowest BCUT2D eigenvalue weighted by atomic mass is 10.1. The largest absolute Gasteiger partial charge is 0.478 e. The highest BCUT2D eigenvalue weighted by molar-refractivity contribution is 5.76. The van der Waals surface area contributed by atoms with Gasteiger partial charge in [0.1, 0.15) is 11.3 Å². The average molecular weight is 439 g/mol. The highest BCUT2D eigenvalue weighted by Gasteiger charge is 2.29. The molecular formula is C26H34N2O4. The normalized spacial score (nSPS) is 12.7. The van der Waals surface area contributed by atoms with Crippen LogP contribution in [0, 0.1) is 0 Å². The van der Waals surface area contributed by atoms with Crippen LogP contribution in [-0.4, -0.2) is 21.7 Å². The standard InChI is InChI=1S/C26H34N2O4/c1-4-5-6-7-8-15-22(24-28-21-14-9-10-16-23(21)31-24)27-18-19-12-11-13-20(17-19)32-26(2,3)25(29)30/h9-14,16-17,22,27H,4-8,15,18H2,1-3H3,(H,29,30). The molecule has 0 spiro atoms. The van der Waals surface area contributed by atoms with Gasteiger partial charge in [-0.25, -0.2) is 9.78 Å². The second-order valence-electron chi connectivity index (χ2n) is 8.72. The van der Waals surface area contributed by atoms with E-state index >= 15 is 0 Å². The Bertz CT molecular complexity index is 979. The molecule has 0 aliphatic rings. The Morgan fingerprint density at radius 2 is 1.91 bits per heavy atom. The maximum atomic E-state index is 11.4. The molecule has 1 heterocycles. The topological polar surface area (TPSA) is 84.6 Å².